The second kappa shape index (κ2) is 9.50. The average Bonchev–Trinajstić information content (AvgIpc) is 2.59. The molecule has 27 heavy (non-hydrogen) atoms. The molecule has 7 heteroatoms. The van der Waals surface area contributed by atoms with E-state index in [-0.39, 0.29) is 12.3 Å². The zero-order chi connectivity index (χ0) is 20.8. The summed E-state index contributed by atoms with van der Waals surface area (Å²) in [6.45, 7) is 9.30. The summed E-state index contributed by atoms with van der Waals surface area (Å²) in [4.78, 5) is 36.7. The number of nitrogens with two attached hydrogens (primary N) is 1. The lowest BCUT2D eigenvalue weighted by molar-refractivity contribution is -0.137. The van der Waals surface area contributed by atoms with Gasteiger partial charge in [-0.25, -0.2) is 5.48 Å². The van der Waals surface area contributed by atoms with Crippen LogP contribution in [0.15, 0.2) is 24.3 Å². The Balaban J connectivity index is 3.21. The van der Waals surface area contributed by atoms with Crippen molar-refractivity contribution >= 4 is 17.7 Å². The first-order chi connectivity index (χ1) is 12.5. The lowest BCUT2D eigenvalue weighted by atomic mass is 9.80. The lowest BCUT2D eigenvalue weighted by Crippen LogP contribution is -2.54. The number of amides is 3. The van der Waals surface area contributed by atoms with Gasteiger partial charge in [0.2, 0.25) is 17.7 Å². The zero-order valence-electron chi connectivity index (χ0n) is 16.7. The van der Waals surface area contributed by atoms with Gasteiger partial charge in [0.15, 0.2) is 0 Å². The van der Waals surface area contributed by atoms with Crippen LogP contribution in [-0.2, 0) is 14.4 Å². The van der Waals surface area contributed by atoms with Crippen LogP contribution in [-0.4, -0.2) is 29.0 Å². The van der Waals surface area contributed by atoms with Crippen molar-refractivity contribution in [1.29, 1.82) is 0 Å². The Labute approximate surface area is 160 Å². The summed E-state index contributed by atoms with van der Waals surface area (Å²) in [5.41, 5.74) is 8.48. The molecule has 0 bridgehead atoms. The van der Waals surface area contributed by atoms with Crippen LogP contribution in [0.25, 0.3) is 0 Å². The molecule has 0 fully saturated rings. The molecule has 0 aromatic heterocycles. The first-order valence-corrected chi connectivity index (χ1v) is 9.10. The van der Waals surface area contributed by atoms with Crippen LogP contribution in [0.5, 0.6) is 0 Å². The van der Waals surface area contributed by atoms with E-state index in [1.54, 1.807) is 26.3 Å². The Bertz CT molecular complexity index is 665. The van der Waals surface area contributed by atoms with Gasteiger partial charge in [0.25, 0.3) is 0 Å². The third-order valence-electron chi connectivity index (χ3n) is 4.73. The zero-order valence-corrected chi connectivity index (χ0v) is 16.7. The number of nitrogens with one attached hydrogen (secondary N) is 2. The monoisotopic (exact) mass is 377 g/mol. The van der Waals surface area contributed by atoms with Gasteiger partial charge in [-0.05, 0) is 30.2 Å². The number of benzene rings is 1. The molecule has 5 N–H and O–H groups in total. The van der Waals surface area contributed by atoms with Crippen LogP contribution in [0.1, 0.15) is 57.6 Å². The maximum Gasteiger partial charge on any atom is 0.244 e. The summed E-state index contributed by atoms with van der Waals surface area (Å²) in [7, 11) is 0. The number of aryl methyl sites for hydroxylation is 1. The van der Waals surface area contributed by atoms with Gasteiger partial charge in [-0.15, -0.1) is 0 Å². The van der Waals surface area contributed by atoms with Gasteiger partial charge in [-0.1, -0.05) is 57.5 Å². The SMILES string of the molecule is CC[C@@H](c1ccc(C)cc1)C(CC(=O)NO)C(=O)NC(C(N)=O)C(C)(C)C. The Kier molecular flexibility index (Phi) is 7.97. The van der Waals surface area contributed by atoms with Gasteiger partial charge in [0, 0.05) is 6.42 Å². The molecule has 0 aliphatic heterocycles. The second-order valence-electron chi connectivity index (χ2n) is 7.98. The normalized spacial score (nSPS) is 14.7. The molecular formula is C20H31N3O4. The summed E-state index contributed by atoms with van der Waals surface area (Å²) in [5, 5.41) is 11.6. The molecule has 1 aromatic rings. The van der Waals surface area contributed by atoms with E-state index < -0.39 is 35.1 Å². The van der Waals surface area contributed by atoms with E-state index in [0.29, 0.717) is 6.42 Å². The largest absolute Gasteiger partial charge is 0.368 e. The number of hydroxylamine groups is 1. The fourth-order valence-corrected chi connectivity index (χ4v) is 3.19. The molecule has 0 aliphatic rings. The quantitative estimate of drug-likeness (QED) is 0.409. The van der Waals surface area contributed by atoms with Crippen molar-refractivity contribution in [2.75, 3.05) is 0 Å². The molecule has 150 valence electrons. The Morgan fingerprint density at radius 3 is 2.11 bits per heavy atom. The lowest BCUT2D eigenvalue weighted by Gasteiger charge is -2.32. The van der Waals surface area contributed by atoms with Gasteiger partial charge in [0.05, 0.1) is 5.92 Å². The topological polar surface area (TPSA) is 122 Å². The summed E-state index contributed by atoms with van der Waals surface area (Å²) < 4.78 is 0. The van der Waals surface area contributed by atoms with Crippen LogP contribution in [0.3, 0.4) is 0 Å². The number of carbonyl (C=O) groups is 3. The molecule has 0 saturated heterocycles. The van der Waals surface area contributed by atoms with Crippen molar-refractivity contribution < 1.29 is 19.6 Å². The minimum absolute atomic E-state index is 0.204. The molecule has 3 atom stereocenters. The summed E-state index contributed by atoms with van der Waals surface area (Å²) in [6, 6.07) is 6.87. The third-order valence-corrected chi connectivity index (χ3v) is 4.73. The number of hydrogen-bond acceptors (Lipinski definition) is 4. The van der Waals surface area contributed by atoms with E-state index in [2.05, 4.69) is 5.32 Å². The standard InChI is InChI=1S/C20H31N3O4/c1-6-14(13-9-7-12(2)8-10-13)15(11-16(24)23-27)19(26)22-17(18(21)25)20(3,4)5/h7-10,14-15,17,27H,6,11H2,1-5H3,(H2,21,25)(H,22,26)(H,23,24)/t14-,15?,17?/m0/s1. The predicted molar refractivity (Wildman–Crippen MR) is 103 cm³/mol. The van der Waals surface area contributed by atoms with Gasteiger partial charge in [0.1, 0.15) is 6.04 Å². The van der Waals surface area contributed by atoms with Crippen LogP contribution in [0.2, 0.25) is 0 Å². The van der Waals surface area contributed by atoms with Crippen molar-refractivity contribution in [1.82, 2.24) is 10.8 Å². The molecular weight excluding hydrogens is 346 g/mol. The third kappa shape index (κ3) is 6.36. The van der Waals surface area contributed by atoms with Crippen molar-refractivity contribution in [3.63, 3.8) is 0 Å². The minimum Gasteiger partial charge on any atom is -0.368 e. The summed E-state index contributed by atoms with van der Waals surface area (Å²) in [5.74, 6) is -2.74. The molecule has 0 heterocycles. The number of carbonyl (C=O) groups excluding carboxylic acids is 3. The Hall–Kier alpha value is -2.41. The maximum absolute atomic E-state index is 13.0. The molecule has 0 aliphatic carbocycles. The fraction of sp³-hybridized carbons (Fsp3) is 0.550. The Morgan fingerprint density at radius 1 is 1.15 bits per heavy atom. The van der Waals surface area contributed by atoms with Crippen molar-refractivity contribution in [2.24, 2.45) is 17.1 Å². The highest BCUT2D eigenvalue weighted by Crippen LogP contribution is 2.32. The van der Waals surface area contributed by atoms with Gasteiger partial charge in [-0.2, -0.15) is 0 Å². The fourth-order valence-electron chi connectivity index (χ4n) is 3.19. The molecule has 1 aromatic carbocycles. The van der Waals surface area contributed by atoms with E-state index in [4.69, 9.17) is 10.9 Å². The van der Waals surface area contributed by atoms with Gasteiger partial charge < -0.3 is 11.1 Å². The number of primary amides is 1. The van der Waals surface area contributed by atoms with Crippen molar-refractivity contribution in [3.8, 4) is 0 Å². The second-order valence-corrected chi connectivity index (χ2v) is 7.98. The highest BCUT2D eigenvalue weighted by atomic mass is 16.5. The molecule has 0 spiro atoms. The van der Waals surface area contributed by atoms with Gasteiger partial charge >= 0.3 is 0 Å². The average molecular weight is 377 g/mol. The van der Waals surface area contributed by atoms with Crippen LogP contribution < -0.4 is 16.5 Å². The maximum atomic E-state index is 13.0. The van der Waals surface area contributed by atoms with Crippen LogP contribution in [0.4, 0.5) is 0 Å². The summed E-state index contributed by atoms with van der Waals surface area (Å²) >= 11 is 0. The summed E-state index contributed by atoms with van der Waals surface area (Å²) in [6.07, 6.45) is 0.404. The molecule has 0 radical (unpaired) electrons. The highest BCUT2D eigenvalue weighted by molar-refractivity contribution is 5.90. The molecule has 7 nitrogen and oxygen atoms in total. The van der Waals surface area contributed by atoms with Crippen molar-refractivity contribution in [2.45, 2.75) is 59.4 Å². The van der Waals surface area contributed by atoms with Crippen LogP contribution in [0, 0.1) is 18.3 Å². The highest BCUT2D eigenvalue weighted by Gasteiger charge is 2.36. The van der Waals surface area contributed by atoms with E-state index in [1.165, 1.54) is 0 Å². The molecule has 2 unspecified atom stereocenters. The van der Waals surface area contributed by atoms with Crippen LogP contribution >= 0.6 is 0 Å². The van der Waals surface area contributed by atoms with E-state index in [0.717, 1.165) is 11.1 Å². The minimum atomic E-state index is -0.875. The first kappa shape index (κ1) is 22.6. The molecule has 3 amide bonds. The first-order valence-electron chi connectivity index (χ1n) is 9.10. The number of hydrogen-bond donors (Lipinski definition) is 4. The van der Waals surface area contributed by atoms with E-state index in [1.807, 2.05) is 38.1 Å². The van der Waals surface area contributed by atoms with Gasteiger partial charge in [-0.3, -0.25) is 19.6 Å². The molecule has 0 saturated carbocycles. The van der Waals surface area contributed by atoms with E-state index in [9.17, 15) is 14.4 Å². The number of rotatable bonds is 8. The van der Waals surface area contributed by atoms with Crippen molar-refractivity contribution in [3.05, 3.63) is 35.4 Å². The van der Waals surface area contributed by atoms with E-state index >= 15 is 0 Å². The molecule has 1 rings (SSSR count). The smallest absolute Gasteiger partial charge is 0.244 e. The Morgan fingerprint density at radius 2 is 1.70 bits per heavy atom. The predicted octanol–water partition coefficient (Wildman–Crippen LogP) is 2.02.